The maximum absolute atomic E-state index is 12.7. The molecule has 1 heterocycles. The fraction of sp³-hybridized carbons (Fsp3) is 0.0909. The molecule has 2 aromatic rings. The lowest BCUT2D eigenvalue weighted by molar-refractivity contribution is -0.137. The van der Waals surface area contributed by atoms with Crippen LogP contribution in [0, 0.1) is 11.3 Å². The normalized spacial score (nSPS) is 10.9. The third-order valence-electron chi connectivity index (χ3n) is 2.30. The zero-order chi connectivity index (χ0) is 14.8. The predicted molar refractivity (Wildman–Crippen MR) is 64.0 cm³/mol. The molecule has 0 aliphatic carbocycles. The molecule has 0 atom stereocenters. The summed E-state index contributed by atoms with van der Waals surface area (Å²) < 4.78 is 41.7. The lowest BCUT2D eigenvalue weighted by Gasteiger charge is -2.11. The van der Waals surface area contributed by atoms with E-state index < -0.39 is 23.2 Å². The molecule has 0 unspecified atom stereocenters. The summed E-state index contributed by atoms with van der Waals surface area (Å²) in [7, 11) is 0. The van der Waals surface area contributed by atoms with E-state index in [1.165, 1.54) is 17.5 Å². The van der Waals surface area contributed by atoms with Crippen LogP contribution in [0.25, 0.3) is 0 Å². The molecular weight excluding hydrogens is 293 g/mol. The minimum absolute atomic E-state index is 0.00733. The van der Waals surface area contributed by atoms with Gasteiger partial charge in [-0.05, 0) is 29.7 Å². The Balaban J connectivity index is 2.31. The van der Waals surface area contributed by atoms with Gasteiger partial charge in [0.1, 0.15) is 0 Å². The van der Waals surface area contributed by atoms with Crippen LogP contribution in [-0.2, 0) is 6.18 Å². The van der Waals surface area contributed by atoms with E-state index >= 15 is 0 Å². The molecule has 0 fully saturated rings. The molecule has 20 heavy (non-hydrogen) atoms. The van der Waals surface area contributed by atoms with Crippen LogP contribution in [-0.4, -0.2) is 15.5 Å². The van der Waals surface area contributed by atoms with Crippen LogP contribution in [0.3, 0.4) is 0 Å². The Bertz CT molecular complexity index is 676. The van der Waals surface area contributed by atoms with Gasteiger partial charge in [0.05, 0.1) is 17.2 Å². The van der Waals surface area contributed by atoms with Gasteiger partial charge in [0.25, 0.3) is 5.91 Å². The molecule has 0 aliphatic heterocycles. The van der Waals surface area contributed by atoms with E-state index in [9.17, 15) is 18.0 Å². The molecule has 5 nitrogen and oxygen atoms in total. The number of amides is 1. The van der Waals surface area contributed by atoms with Crippen molar-refractivity contribution in [2.75, 3.05) is 5.32 Å². The second-order valence-corrected chi connectivity index (χ2v) is 4.22. The lowest BCUT2D eigenvalue weighted by atomic mass is 10.1. The molecule has 1 N–H and O–H groups in total. The summed E-state index contributed by atoms with van der Waals surface area (Å²) in [5.74, 6) is -0.670. The Morgan fingerprint density at radius 1 is 1.40 bits per heavy atom. The van der Waals surface area contributed by atoms with Crippen LogP contribution in [0.15, 0.2) is 23.6 Å². The maximum Gasteiger partial charge on any atom is 0.417 e. The fourth-order valence-corrected chi connectivity index (χ4v) is 1.85. The number of carbonyl (C=O) groups excluding carboxylic acids is 1. The van der Waals surface area contributed by atoms with Gasteiger partial charge >= 0.3 is 6.18 Å². The number of alkyl halides is 3. The Hall–Kier alpha value is -2.47. The van der Waals surface area contributed by atoms with Crippen LogP contribution >= 0.6 is 11.5 Å². The minimum Gasteiger partial charge on any atom is -0.321 e. The number of benzene rings is 1. The van der Waals surface area contributed by atoms with E-state index in [4.69, 9.17) is 5.26 Å². The van der Waals surface area contributed by atoms with Gasteiger partial charge < -0.3 is 5.32 Å². The predicted octanol–water partition coefficient (Wildman–Crippen LogP) is 2.68. The van der Waals surface area contributed by atoms with Crippen LogP contribution < -0.4 is 5.32 Å². The number of halogens is 3. The molecule has 1 aromatic carbocycles. The van der Waals surface area contributed by atoms with Gasteiger partial charge in [0.15, 0.2) is 5.69 Å². The van der Waals surface area contributed by atoms with Crippen molar-refractivity contribution in [3.63, 3.8) is 0 Å². The third-order valence-corrected chi connectivity index (χ3v) is 2.80. The number of rotatable bonds is 2. The van der Waals surface area contributed by atoms with Gasteiger partial charge in [-0.2, -0.15) is 18.4 Å². The number of aromatic nitrogens is 2. The van der Waals surface area contributed by atoms with Crippen LogP contribution in [0.1, 0.15) is 21.6 Å². The molecule has 0 radical (unpaired) electrons. The van der Waals surface area contributed by atoms with Gasteiger partial charge in [0, 0.05) is 11.1 Å². The summed E-state index contributed by atoms with van der Waals surface area (Å²) in [6.45, 7) is 0. The average Bonchev–Trinajstić information content (AvgIpc) is 2.91. The molecule has 0 saturated heterocycles. The highest BCUT2D eigenvalue weighted by atomic mass is 32.1. The zero-order valence-electron chi connectivity index (χ0n) is 9.60. The Morgan fingerprint density at radius 3 is 2.70 bits per heavy atom. The summed E-state index contributed by atoms with van der Waals surface area (Å²) in [5, 5.41) is 15.8. The molecule has 1 aromatic heterocycles. The van der Waals surface area contributed by atoms with Crippen LogP contribution in [0.4, 0.5) is 18.9 Å². The summed E-state index contributed by atoms with van der Waals surface area (Å²) >= 11 is 0.947. The Morgan fingerprint density at radius 2 is 2.15 bits per heavy atom. The van der Waals surface area contributed by atoms with E-state index in [1.807, 2.05) is 0 Å². The van der Waals surface area contributed by atoms with E-state index in [0.29, 0.717) is 6.07 Å². The highest BCUT2D eigenvalue weighted by Gasteiger charge is 2.34. The number of nitrogens with one attached hydrogen (secondary N) is 1. The number of hydrogen-bond donors (Lipinski definition) is 1. The summed E-state index contributed by atoms with van der Waals surface area (Å²) in [5.41, 5.74) is -1.68. The Kier molecular flexibility index (Phi) is 3.67. The van der Waals surface area contributed by atoms with Crippen molar-refractivity contribution >= 4 is 23.1 Å². The lowest BCUT2D eigenvalue weighted by Crippen LogP contribution is -2.14. The van der Waals surface area contributed by atoms with Gasteiger partial charge in [-0.25, -0.2) is 0 Å². The first kappa shape index (κ1) is 14.0. The maximum atomic E-state index is 12.7. The number of carbonyl (C=O) groups is 1. The quantitative estimate of drug-likeness (QED) is 0.924. The number of anilines is 1. The topological polar surface area (TPSA) is 78.7 Å². The molecule has 0 saturated carbocycles. The van der Waals surface area contributed by atoms with E-state index in [2.05, 4.69) is 14.9 Å². The molecular formula is C11H5F3N4OS. The van der Waals surface area contributed by atoms with Crippen molar-refractivity contribution in [1.82, 2.24) is 9.59 Å². The first-order valence-electron chi connectivity index (χ1n) is 5.11. The van der Waals surface area contributed by atoms with Crippen LogP contribution in [0.5, 0.6) is 0 Å². The number of hydrogen-bond acceptors (Lipinski definition) is 5. The van der Waals surface area contributed by atoms with Crippen LogP contribution in [0.2, 0.25) is 0 Å². The van der Waals surface area contributed by atoms with E-state index in [-0.39, 0.29) is 11.4 Å². The minimum atomic E-state index is -4.67. The molecule has 102 valence electrons. The first-order valence-corrected chi connectivity index (χ1v) is 5.95. The summed E-state index contributed by atoms with van der Waals surface area (Å²) in [4.78, 5) is 11.6. The van der Waals surface area contributed by atoms with Gasteiger partial charge in [-0.1, -0.05) is 4.49 Å². The number of nitrogens with zero attached hydrogens (tertiary/aromatic N) is 3. The van der Waals surface area contributed by atoms with Crippen molar-refractivity contribution in [3.8, 4) is 6.07 Å². The first-order chi connectivity index (χ1) is 9.41. The highest BCUT2D eigenvalue weighted by Crippen LogP contribution is 2.33. The largest absolute Gasteiger partial charge is 0.417 e. The smallest absolute Gasteiger partial charge is 0.321 e. The monoisotopic (exact) mass is 298 g/mol. The van der Waals surface area contributed by atoms with Crippen molar-refractivity contribution in [1.29, 1.82) is 5.26 Å². The summed E-state index contributed by atoms with van der Waals surface area (Å²) in [6, 6.07) is 4.37. The standard InChI is InChI=1S/C11H5F3N4OS/c12-11(13,14)8-3-7(2-1-6(8)4-15)16-10(19)9-5-20-18-17-9/h1-3,5H,(H,16,19). The molecule has 2 rings (SSSR count). The van der Waals surface area contributed by atoms with Gasteiger partial charge in [-0.3, -0.25) is 4.79 Å². The Labute approximate surface area is 114 Å². The van der Waals surface area contributed by atoms with E-state index in [1.54, 1.807) is 0 Å². The zero-order valence-corrected chi connectivity index (χ0v) is 10.4. The average molecular weight is 298 g/mol. The number of nitriles is 1. The fourth-order valence-electron chi connectivity index (χ4n) is 1.41. The van der Waals surface area contributed by atoms with Crippen molar-refractivity contribution in [2.45, 2.75) is 6.18 Å². The molecule has 1 amide bonds. The third kappa shape index (κ3) is 2.92. The summed E-state index contributed by atoms with van der Waals surface area (Å²) in [6.07, 6.45) is -4.67. The van der Waals surface area contributed by atoms with Gasteiger partial charge in [0.2, 0.25) is 0 Å². The van der Waals surface area contributed by atoms with Crippen molar-refractivity contribution in [2.24, 2.45) is 0 Å². The molecule has 0 bridgehead atoms. The molecule has 0 spiro atoms. The van der Waals surface area contributed by atoms with E-state index in [0.717, 1.165) is 17.6 Å². The second kappa shape index (κ2) is 5.26. The second-order valence-electron chi connectivity index (χ2n) is 3.61. The van der Waals surface area contributed by atoms with Crippen molar-refractivity contribution < 1.29 is 18.0 Å². The SMILES string of the molecule is N#Cc1ccc(NC(=O)c2csnn2)cc1C(F)(F)F. The molecule has 9 heteroatoms. The molecule has 0 aliphatic rings. The van der Waals surface area contributed by atoms with Crippen molar-refractivity contribution in [3.05, 3.63) is 40.4 Å². The van der Waals surface area contributed by atoms with Gasteiger partial charge in [-0.15, -0.1) is 5.10 Å². The highest BCUT2D eigenvalue weighted by molar-refractivity contribution is 7.03.